The molecule has 1 N–H and O–H groups in total. The van der Waals surface area contributed by atoms with Crippen molar-refractivity contribution in [1.29, 1.82) is 0 Å². The Bertz CT molecular complexity index is 759. The maximum absolute atomic E-state index is 12.2. The number of rotatable bonds is 4. The van der Waals surface area contributed by atoms with E-state index in [2.05, 4.69) is 5.32 Å². The Balaban J connectivity index is 1.53. The van der Waals surface area contributed by atoms with Crippen molar-refractivity contribution in [1.82, 2.24) is 5.32 Å². The topological polar surface area (TPSA) is 89.5 Å². The van der Waals surface area contributed by atoms with E-state index in [1.807, 2.05) is 6.07 Å². The van der Waals surface area contributed by atoms with Crippen LogP contribution in [0.4, 0.5) is 0 Å². The van der Waals surface area contributed by atoms with Crippen LogP contribution in [0.25, 0.3) is 0 Å². The van der Waals surface area contributed by atoms with E-state index in [1.54, 1.807) is 6.92 Å². The molecular weight excluding hydrogens is 362 g/mol. The first-order valence-electron chi connectivity index (χ1n) is 8.57. The lowest BCUT2D eigenvalue weighted by atomic mass is 10.0. The van der Waals surface area contributed by atoms with Crippen LogP contribution in [0.2, 0.25) is 0 Å². The predicted octanol–water partition coefficient (Wildman–Crippen LogP) is 1.87. The molecular formula is C17H23NO5S2. The van der Waals surface area contributed by atoms with E-state index in [1.165, 1.54) is 28.2 Å². The van der Waals surface area contributed by atoms with Gasteiger partial charge in [-0.1, -0.05) is 6.42 Å². The molecule has 0 spiro atoms. The summed E-state index contributed by atoms with van der Waals surface area (Å²) in [5.41, 5.74) is 0.449. The van der Waals surface area contributed by atoms with Crippen LogP contribution >= 0.6 is 11.3 Å². The summed E-state index contributed by atoms with van der Waals surface area (Å²) >= 11 is 1.45. The molecule has 1 atom stereocenters. The van der Waals surface area contributed by atoms with Gasteiger partial charge >= 0.3 is 5.97 Å². The van der Waals surface area contributed by atoms with E-state index in [4.69, 9.17) is 4.74 Å². The molecule has 1 aromatic rings. The average molecular weight is 386 g/mol. The number of hydrogen-bond acceptors (Lipinski definition) is 6. The summed E-state index contributed by atoms with van der Waals surface area (Å²) in [5, 5.41) is 2.68. The number of fused-ring (bicyclic) bond motifs is 1. The molecule has 2 aliphatic rings. The van der Waals surface area contributed by atoms with Crippen molar-refractivity contribution in [3.8, 4) is 0 Å². The van der Waals surface area contributed by atoms with Crippen molar-refractivity contribution in [3.63, 3.8) is 0 Å². The van der Waals surface area contributed by atoms with Crippen molar-refractivity contribution < 1.29 is 22.7 Å². The van der Waals surface area contributed by atoms with E-state index in [0.29, 0.717) is 11.3 Å². The van der Waals surface area contributed by atoms with Gasteiger partial charge in [0.1, 0.15) is 4.88 Å². The lowest BCUT2D eigenvalue weighted by Crippen LogP contribution is -2.48. The molecule has 1 aliphatic carbocycles. The minimum Gasteiger partial charge on any atom is -0.451 e. The monoisotopic (exact) mass is 385 g/mol. The second kappa shape index (κ2) is 7.07. The summed E-state index contributed by atoms with van der Waals surface area (Å²) in [6.45, 7) is 1.31. The highest BCUT2D eigenvalue weighted by atomic mass is 32.2. The van der Waals surface area contributed by atoms with Crippen LogP contribution in [0, 0.1) is 0 Å². The number of esters is 1. The van der Waals surface area contributed by atoms with Crippen molar-refractivity contribution in [3.05, 3.63) is 21.4 Å². The Labute approximate surface area is 151 Å². The molecule has 0 bridgehead atoms. The lowest BCUT2D eigenvalue weighted by molar-refractivity contribution is -0.125. The van der Waals surface area contributed by atoms with E-state index in [9.17, 15) is 18.0 Å². The first kappa shape index (κ1) is 18.4. The van der Waals surface area contributed by atoms with Crippen molar-refractivity contribution in [2.45, 2.75) is 51.0 Å². The number of carbonyl (C=O) groups excluding carboxylic acids is 2. The SMILES string of the molecule is C[C@@]1(NC(=O)COC(=O)c2cc3c(s2)CCCCC3)CCS(=O)(=O)C1. The normalized spacial score (nSPS) is 25.0. The highest BCUT2D eigenvalue weighted by Crippen LogP contribution is 2.29. The molecule has 1 amide bonds. The zero-order valence-corrected chi connectivity index (χ0v) is 15.9. The third-order valence-electron chi connectivity index (χ3n) is 4.73. The molecule has 0 unspecified atom stereocenters. The molecule has 2 heterocycles. The van der Waals surface area contributed by atoms with Gasteiger partial charge in [0, 0.05) is 4.88 Å². The maximum atomic E-state index is 12.2. The molecule has 0 radical (unpaired) electrons. The third-order valence-corrected chi connectivity index (χ3v) is 7.85. The first-order valence-corrected chi connectivity index (χ1v) is 11.2. The van der Waals surface area contributed by atoms with Gasteiger partial charge in [0.25, 0.3) is 5.91 Å². The van der Waals surface area contributed by atoms with Gasteiger partial charge in [-0.15, -0.1) is 11.3 Å². The van der Waals surface area contributed by atoms with E-state index >= 15 is 0 Å². The van der Waals surface area contributed by atoms with Crippen LogP contribution in [-0.2, 0) is 32.2 Å². The summed E-state index contributed by atoms with van der Waals surface area (Å²) < 4.78 is 28.2. The smallest absolute Gasteiger partial charge is 0.348 e. The quantitative estimate of drug-likeness (QED) is 0.631. The van der Waals surface area contributed by atoms with Gasteiger partial charge in [0.2, 0.25) is 0 Å². The van der Waals surface area contributed by atoms with Gasteiger partial charge in [0.05, 0.1) is 17.0 Å². The minimum absolute atomic E-state index is 0.0721. The highest BCUT2D eigenvalue weighted by Gasteiger charge is 2.39. The molecule has 138 valence electrons. The minimum atomic E-state index is -3.10. The number of sulfone groups is 1. The van der Waals surface area contributed by atoms with Crippen LogP contribution in [0.1, 0.15) is 52.7 Å². The fraction of sp³-hybridized carbons (Fsp3) is 0.647. The van der Waals surface area contributed by atoms with Crippen LogP contribution in [-0.4, -0.2) is 43.9 Å². The Hall–Kier alpha value is -1.41. The molecule has 0 aromatic carbocycles. The van der Waals surface area contributed by atoms with Gasteiger partial charge < -0.3 is 10.1 Å². The van der Waals surface area contributed by atoms with Gasteiger partial charge in [0.15, 0.2) is 16.4 Å². The molecule has 8 heteroatoms. The first-order chi connectivity index (χ1) is 11.8. The number of carbonyl (C=O) groups is 2. The molecule has 3 rings (SSSR count). The number of hydrogen-bond donors (Lipinski definition) is 1. The fourth-order valence-electron chi connectivity index (χ4n) is 3.45. The summed E-state index contributed by atoms with van der Waals surface area (Å²) in [4.78, 5) is 26.0. The van der Waals surface area contributed by atoms with Crippen molar-refractivity contribution >= 4 is 33.1 Å². The number of amides is 1. The van der Waals surface area contributed by atoms with Gasteiger partial charge in [-0.3, -0.25) is 4.79 Å². The second-order valence-corrected chi connectivity index (χ2v) is 10.5. The van der Waals surface area contributed by atoms with E-state index < -0.39 is 33.9 Å². The summed E-state index contributed by atoms with van der Waals surface area (Å²) in [7, 11) is -3.10. The third kappa shape index (κ3) is 4.61. The zero-order chi connectivity index (χ0) is 18.1. The molecule has 1 aromatic heterocycles. The lowest BCUT2D eigenvalue weighted by Gasteiger charge is -2.23. The van der Waals surface area contributed by atoms with Gasteiger partial charge in [-0.2, -0.15) is 0 Å². The van der Waals surface area contributed by atoms with Gasteiger partial charge in [-0.25, -0.2) is 13.2 Å². The van der Waals surface area contributed by atoms with Crippen LogP contribution in [0.5, 0.6) is 0 Å². The Morgan fingerprint density at radius 2 is 2.04 bits per heavy atom. The summed E-state index contributed by atoms with van der Waals surface area (Å²) in [5.74, 6) is -0.953. The van der Waals surface area contributed by atoms with Crippen molar-refractivity contribution in [2.75, 3.05) is 18.1 Å². The molecule has 6 nitrogen and oxygen atoms in total. The summed E-state index contributed by atoms with van der Waals surface area (Å²) in [6, 6.07) is 1.89. The number of aryl methyl sites for hydroxylation is 2. The molecule has 1 aliphatic heterocycles. The van der Waals surface area contributed by atoms with Crippen LogP contribution in [0.3, 0.4) is 0 Å². The Kier molecular flexibility index (Phi) is 5.20. The standard InChI is InChI=1S/C17H23NO5S2/c1-17(7-8-25(21,22)11-17)18-15(19)10-23-16(20)14-9-12-5-3-2-4-6-13(12)24-14/h9H,2-8,10-11H2,1H3,(H,18,19)/t17-/m1/s1. The Morgan fingerprint density at radius 1 is 1.28 bits per heavy atom. The molecule has 25 heavy (non-hydrogen) atoms. The highest BCUT2D eigenvalue weighted by molar-refractivity contribution is 7.91. The van der Waals surface area contributed by atoms with Crippen molar-refractivity contribution in [2.24, 2.45) is 0 Å². The predicted molar refractivity (Wildman–Crippen MR) is 95.7 cm³/mol. The Morgan fingerprint density at radius 3 is 2.76 bits per heavy atom. The molecule has 0 saturated carbocycles. The van der Waals surface area contributed by atoms with Crippen LogP contribution < -0.4 is 5.32 Å². The van der Waals surface area contributed by atoms with E-state index in [-0.39, 0.29) is 11.5 Å². The van der Waals surface area contributed by atoms with Crippen LogP contribution in [0.15, 0.2) is 6.07 Å². The average Bonchev–Trinajstić information content (AvgIpc) is 2.97. The zero-order valence-electron chi connectivity index (χ0n) is 14.3. The fourth-order valence-corrected chi connectivity index (χ4v) is 6.69. The molecule has 1 saturated heterocycles. The summed E-state index contributed by atoms with van der Waals surface area (Å²) in [6.07, 6.45) is 5.88. The number of thiophene rings is 1. The van der Waals surface area contributed by atoms with E-state index in [0.717, 1.165) is 25.7 Å². The largest absolute Gasteiger partial charge is 0.451 e. The van der Waals surface area contributed by atoms with Gasteiger partial charge in [-0.05, 0) is 50.7 Å². The molecule has 1 fully saturated rings. The second-order valence-electron chi connectivity index (χ2n) is 7.15. The number of ether oxygens (including phenoxy) is 1. The maximum Gasteiger partial charge on any atom is 0.348 e. The number of nitrogens with one attached hydrogen (secondary N) is 1.